The smallest absolute Gasteiger partial charge is 0.163 e. The fourth-order valence-electron chi connectivity index (χ4n) is 2.08. The van der Waals surface area contributed by atoms with Crippen molar-refractivity contribution in [2.75, 3.05) is 0 Å². The van der Waals surface area contributed by atoms with E-state index >= 15 is 0 Å². The molecule has 0 amide bonds. The molecule has 2 heteroatoms. The number of hydrogen-bond acceptors (Lipinski definition) is 0. The van der Waals surface area contributed by atoms with Crippen LogP contribution >= 0.6 is 0 Å². The standard InChI is InChI=1S/C15H22F2/c1-9-8-10(14(2,3)4)11(15(5,6)7)13(17)12(9)16/h8H,1-7H3. The predicted octanol–water partition coefficient (Wildman–Crippen LogP) is 4.87. The molecular weight excluding hydrogens is 218 g/mol. The highest BCUT2D eigenvalue weighted by molar-refractivity contribution is 5.42. The zero-order valence-electron chi connectivity index (χ0n) is 11.8. The maximum Gasteiger partial charge on any atom is 0.163 e. The summed E-state index contributed by atoms with van der Waals surface area (Å²) in [6.07, 6.45) is 0. The van der Waals surface area contributed by atoms with Crippen LogP contribution in [0, 0.1) is 18.6 Å². The average Bonchev–Trinajstić information content (AvgIpc) is 2.09. The summed E-state index contributed by atoms with van der Waals surface area (Å²) in [5.74, 6) is -1.41. The second-order valence-corrected chi connectivity index (χ2v) is 6.74. The molecule has 0 nitrogen and oxygen atoms in total. The molecule has 0 bridgehead atoms. The van der Waals surface area contributed by atoms with Crippen LogP contribution in [0.5, 0.6) is 0 Å². The molecule has 17 heavy (non-hydrogen) atoms. The SMILES string of the molecule is Cc1cc(C(C)(C)C)c(C(C)(C)C)c(F)c1F. The molecule has 0 unspecified atom stereocenters. The van der Waals surface area contributed by atoms with Gasteiger partial charge in [0.1, 0.15) is 0 Å². The summed E-state index contributed by atoms with van der Waals surface area (Å²) in [7, 11) is 0. The molecule has 0 heterocycles. The molecule has 0 fully saturated rings. The van der Waals surface area contributed by atoms with E-state index in [2.05, 4.69) is 0 Å². The van der Waals surface area contributed by atoms with Gasteiger partial charge in [0.25, 0.3) is 0 Å². The first-order chi connectivity index (χ1) is 7.46. The number of halogens is 2. The number of rotatable bonds is 0. The zero-order chi connectivity index (χ0) is 13.6. The number of aryl methyl sites for hydroxylation is 1. The lowest BCUT2D eigenvalue weighted by Crippen LogP contribution is -2.25. The average molecular weight is 240 g/mol. The van der Waals surface area contributed by atoms with Crippen LogP contribution in [0.3, 0.4) is 0 Å². The van der Waals surface area contributed by atoms with Crippen LogP contribution in [0.15, 0.2) is 6.07 Å². The maximum atomic E-state index is 14.2. The Morgan fingerprint density at radius 1 is 0.824 bits per heavy atom. The third kappa shape index (κ3) is 2.67. The molecule has 1 aromatic carbocycles. The molecule has 0 N–H and O–H groups in total. The van der Waals surface area contributed by atoms with Gasteiger partial charge in [-0.1, -0.05) is 47.6 Å². The molecule has 0 saturated carbocycles. The Morgan fingerprint density at radius 3 is 1.65 bits per heavy atom. The van der Waals surface area contributed by atoms with Gasteiger partial charge in [0, 0.05) is 0 Å². The summed E-state index contributed by atoms with van der Waals surface area (Å²) in [4.78, 5) is 0. The Bertz CT molecular complexity index is 432. The maximum absolute atomic E-state index is 14.2. The van der Waals surface area contributed by atoms with Gasteiger partial charge < -0.3 is 0 Å². The van der Waals surface area contributed by atoms with E-state index in [1.54, 1.807) is 13.0 Å². The summed E-state index contributed by atoms with van der Waals surface area (Å²) >= 11 is 0. The molecular formula is C15H22F2. The molecule has 1 rings (SSSR count). The molecule has 0 aliphatic carbocycles. The van der Waals surface area contributed by atoms with E-state index in [1.807, 2.05) is 41.5 Å². The second-order valence-electron chi connectivity index (χ2n) is 6.74. The van der Waals surface area contributed by atoms with Crippen LogP contribution < -0.4 is 0 Å². The second kappa shape index (κ2) is 4.08. The van der Waals surface area contributed by atoms with Gasteiger partial charge in [0.05, 0.1) is 0 Å². The molecule has 0 saturated heterocycles. The third-order valence-electron chi connectivity index (χ3n) is 2.95. The van der Waals surface area contributed by atoms with Gasteiger partial charge >= 0.3 is 0 Å². The summed E-state index contributed by atoms with van der Waals surface area (Å²) < 4.78 is 27.9. The third-order valence-corrected chi connectivity index (χ3v) is 2.95. The Balaban J connectivity index is 3.71. The molecule has 0 aliphatic rings. The van der Waals surface area contributed by atoms with Gasteiger partial charge in [-0.3, -0.25) is 0 Å². The van der Waals surface area contributed by atoms with E-state index in [9.17, 15) is 8.78 Å². The predicted molar refractivity (Wildman–Crippen MR) is 68.5 cm³/mol. The first kappa shape index (κ1) is 14.1. The van der Waals surface area contributed by atoms with Gasteiger partial charge in [0.2, 0.25) is 0 Å². The first-order valence-corrected chi connectivity index (χ1v) is 5.96. The van der Waals surface area contributed by atoms with E-state index in [4.69, 9.17) is 0 Å². The van der Waals surface area contributed by atoms with Crippen molar-refractivity contribution in [3.63, 3.8) is 0 Å². The Kier molecular flexibility index (Phi) is 3.39. The molecule has 0 aliphatic heterocycles. The van der Waals surface area contributed by atoms with Crippen LogP contribution in [0.4, 0.5) is 8.78 Å². The van der Waals surface area contributed by atoms with Gasteiger partial charge in [-0.15, -0.1) is 0 Å². The zero-order valence-corrected chi connectivity index (χ0v) is 11.8. The van der Waals surface area contributed by atoms with Crippen LogP contribution in [0.2, 0.25) is 0 Å². The molecule has 1 aromatic rings. The minimum absolute atomic E-state index is 0.193. The summed E-state index contributed by atoms with van der Waals surface area (Å²) in [6.45, 7) is 13.4. The van der Waals surface area contributed by atoms with Crippen molar-refractivity contribution in [3.8, 4) is 0 Å². The fraction of sp³-hybridized carbons (Fsp3) is 0.600. The summed E-state index contributed by atoms with van der Waals surface area (Å²) in [5, 5.41) is 0. The number of hydrogen-bond donors (Lipinski definition) is 0. The van der Waals surface area contributed by atoms with Crippen molar-refractivity contribution in [1.82, 2.24) is 0 Å². The van der Waals surface area contributed by atoms with Gasteiger partial charge in [0.15, 0.2) is 11.6 Å². The van der Waals surface area contributed by atoms with Gasteiger partial charge in [-0.05, 0) is 34.4 Å². The van der Waals surface area contributed by atoms with Crippen LogP contribution in [0.25, 0.3) is 0 Å². The van der Waals surface area contributed by atoms with Crippen LogP contribution in [0.1, 0.15) is 58.2 Å². The largest absolute Gasteiger partial charge is 0.203 e. The molecule has 0 aromatic heterocycles. The summed E-state index contributed by atoms with van der Waals surface area (Å²) in [6, 6.07) is 1.78. The van der Waals surface area contributed by atoms with Gasteiger partial charge in [-0.2, -0.15) is 0 Å². The van der Waals surface area contributed by atoms with Gasteiger partial charge in [-0.25, -0.2) is 8.78 Å². The van der Waals surface area contributed by atoms with Crippen LogP contribution in [-0.2, 0) is 10.8 Å². The Morgan fingerprint density at radius 2 is 1.29 bits per heavy atom. The highest BCUT2D eigenvalue weighted by Gasteiger charge is 2.30. The van der Waals surface area contributed by atoms with E-state index in [0.29, 0.717) is 11.1 Å². The lowest BCUT2D eigenvalue weighted by molar-refractivity contribution is 0.442. The minimum Gasteiger partial charge on any atom is -0.203 e. The highest BCUT2D eigenvalue weighted by atomic mass is 19.2. The quantitative estimate of drug-likeness (QED) is 0.607. The Labute approximate surface area is 103 Å². The number of benzene rings is 1. The van der Waals surface area contributed by atoms with Crippen molar-refractivity contribution in [2.24, 2.45) is 0 Å². The van der Waals surface area contributed by atoms with Crippen molar-refractivity contribution in [3.05, 3.63) is 34.4 Å². The first-order valence-electron chi connectivity index (χ1n) is 5.96. The topological polar surface area (TPSA) is 0 Å². The highest BCUT2D eigenvalue weighted by Crippen LogP contribution is 2.37. The molecule has 0 atom stereocenters. The lowest BCUT2D eigenvalue weighted by Gasteiger charge is -2.31. The Hall–Kier alpha value is -0.920. The molecule has 0 spiro atoms. The van der Waals surface area contributed by atoms with Crippen LogP contribution in [-0.4, -0.2) is 0 Å². The van der Waals surface area contributed by atoms with E-state index in [1.165, 1.54) is 0 Å². The summed E-state index contributed by atoms with van der Waals surface area (Å²) in [5.41, 5.74) is 1.17. The van der Waals surface area contributed by atoms with E-state index in [-0.39, 0.29) is 5.41 Å². The van der Waals surface area contributed by atoms with E-state index < -0.39 is 17.0 Å². The fourth-order valence-corrected chi connectivity index (χ4v) is 2.08. The monoisotopic (exact) mass is 240 g/mol. The van der Waals surface area contributed by atoms with Crippen molar-refractivity contribution in [2.45, 2.75) is 59.3 Å². The molecule has 0 radical (unpaired) electrons. The molecule has 96 valence electrons. The van der Waals surface area contributed by atoms with Crippen molar-refractivity contribution < 1.29 is 8.78 Å². The normalized spacial score (nSPS) is 13.0. The minimum atomic E-state index is -0.720. The van der Waals surface area contributed by atoms with Crippen molar-refractivity contribution >= 4 is 0 Å². The van der Waals surface area contributed by atoms with Crippen molar-refractivity contribution in [1.29, 1.82) is 0 Å². The van der Waals surface area contributed by atoms with E-state index in [0.717, 1.165) is 5.56 Å². The lowest BCUT2D eigenvalue weighted by atomic mass is 9.74.